The molecule has 0 bridgehead atoms. The van der Waals surface area contributed by atoms with Crippen LogP contribution in [0.4, 0.5) is 4.39 Å². The van der Waals surface area contributed by atoms with Gasteiger partial charge in [-0.15, -0.1) is 0 Å². The van der Waals surface area contributed by atoms with E-state index in [4.69, 9.17) is 17.4 Å². The Bertz CT molecular complexity index is 572. The first-order valence-electron chi connectivity index (χ1n) is 6.07. The molecular weight excluding hydrogens is 263 g/mol. The molecule has 2 aromatic carbocycles. The van der Waals surface area contributed by atoms with E-state index in [9.17, 15) is 4.39 Å². The molecule has 19 heavy (non-hydrogen) atoms. The van der Waals surface area contributed by atoms with E-state index in [1.807, 2.05) is 25.1 Å². The van der Waals surface area contributed by atoms with Crippen molar-refractivity contribution in [2.24, 2.45) is 5.84 Å². The number of hydrogen-bond acceptors (Lipinski definition) is 2. The van der Waals surface area contributed by atoms with Crippen LogP contribution in [-0.4, -0.2) is 0 Å². The molecular formula is C15H16ClFN2. The van der Waals surface area contributed by atoms with E-state index in [-0.39, 0.29) is 11.9 Å². The van der Waals surface area contributed by atoms with E-state index in [1.165, 1.54) is 17.7 Å². The normalized spacial score (nSPS) is 12.4. The predicted octanol–water partition coefficient (Wildman–Crippen LogP) is 3.53. The molecule has 0 amide bonds. The summed E-state index contributed by atoms with van der Waals surface area (Å²) in [6.07, 6.45) is 0.654. The zero-order chi connectivity index (χ0) is 13.8. The van der Waals surface area contributed by atoms with Gasteiger partial charge in [0.15, 0.2) is 0 Å². The number of hydrazine groups is 1. The van der Waals surface area contributed by atoms with Crippen molar-refractivity contribution in [2.75, 3.05) is 0 Å². The highest BCUT2D eigenvalue weighted by molar-refractivity contribution is 6.31. The second-order valence-electron chi connectivity index (χ2n) is 4.58. The first kappa shape index (κ1) is 14.0. The van der Waals surface area contributed by atoms with E-state index in [0.717, 1.165) is 5.56 Å². The number of rotatable bonds is 4. The topological polar surface area (TPSA) is 38.0 Å². The van der Waals surface area contributed by atoms with Gasteiger partial charge in [0.25, 0.3) is 0 Å². The lowest BCUT2D eigenvalue weighted by molar-refractivity contribution is 0.544. The number of aryl methyl sites for hydroxylation is 1. The van der Waals surface area contributed by atoms with Crippen molar-refractivity contribution >= 4 is 11.6 Å². The van der Waals surface area contributed by atoms with Crippen molar-refractivity contribution in [3.05, 3.63) is 70.0 Å². The van der Waals surface area contributed by atoms with Gasteiger partial charge in [-0.25, -0.2) is 4.39 Å². The Hall–Kier alpha value is -1.42. The van der Waals surface area contributed by atoms with Gasteiger partial charge < -0.3 is 0 Å². The van der Waals surface area contributed by atoms with Gasteiger partial charge in [-0.2, -0.15) is 0 Å². The third-order valence-corrected chi connectivity index (χ3v) is 3.40. The molecule has 0 aliphatic heterocycles. The lowest BCUT2D eigenvalue weighted by Gasteiger charge is -2.18. The van der Waals surface area contributed by atoms with Gasteiger partial charge in [0.2, 0.25) is 0 Å². The highest BCUT2D eigenvalue weighted by atomic mass is 35.5. The number of nitrogens with two attached hydrogens (primary N) is 1. The molecule has 2 aromatic rings. The number of halogens is 2. The zero-order valence-corrected chi connectivity index (χ0v) is 11.4. The van der Waals surface area contributed by atoms with E-state index in [2.05, 4.69) is 11.5 Å². The summed E-state index contributed by atoms with van der Waals surface area (Å²) >= 11 is 6.10. The zero-order valence-electron chi connectivity index (χ0n) is 10.7. The van der Waals surface area contributed by atoms with Gasteiger partial charge in [-0.05, 0) is 42.7 Å². The standard InChI is InChI=1S/C15H16ClFN2/c1-10-3-2-4-11(7-10)8-15(19-18)13-9-12(17)5-6-14(13)16/h2-7,9,15,19H,8,18H2,1H3. The summed E-state index contributed by atoms with van der Waals surface area (Å²) in [4.78, 5) is 0. The van der Waals surface area contributed by atoms with Crippen molar-refractivity contribution < 1.29 is 4.39 Å². The van der Waals surface area contributed by atoms with Gasteiger partial charge in [0.1, 0.15) is 5.82 Å². The van der Waals surface area contributed by atoms with Crippen LogP contribution >= 0.6 is 11.6 Å². The van der Waals surface area contributed by atoms with E-state index in [0.29, 0.717) is 17.0 Å². The molecule has 2 rings (SSSR count). The fourth-order valence-corrected chi connectivity index (χ4v) is 2.36. The predicted molar refractivity (Wildman–Crippen MR) is 76.4 cm³/mol. The average Bonchev–Trinajstić information content (AvgIpc) is 2.39. The van der Waals surface area contributed by atoms with Crippen molar-refractivity contribution in [3.8, 4) is 0 Å². The highest BCUT2D eigenvalue weighted by Gasteiger charge is 2.15. The monoisotopic (exact) mass is 278 g/mol. The lowest BCUT2D eigenvalue weighted by Crippen LogP contribution is -2.30. The van der Waals surface area contributed by atoms with Crippen LogP contribution in [0.15, 0.2) is 42.5 Å². The summed E-state index contributed by atoms with van der Waals surface area (Å²) in [5.41, 5.74) is 5.68. The minimum Gasteiger partial charge on any atom is -0.271 e. The smallest absolute Gasteiger partial charge is 0.123 e. The van der Waals surface area contributed by atoms with Crippen molar-refractivity contribution in [1.29, 1.82) is 0 Å². The van der Waals surface area contributed by atoms with Crippen LogP contribution < -0.4 is 11.3 Å². The minimum absolute atomic E-state index is 0.218. The Morgan fingerprint density at radius 2 is 2.05 bits per heavy atom. The molecule has 0 saturated heterocycles. The quantitative estimate of drug-likeness (QED) is 0.663. The summed E-state index contributed by atoms with van der Waals surface area (Å²) in [6.45, 7) is 2.03. The fourth-order valence-electron chi connectivity index (χ4n) is 2.12. The van der Waals surface area contributed by atoms with Gasteiger partial charge in [0.05, 0.1) is 6.04 Å². The molecule has 0 aliphatic rings. The molecule has 0 heterocycles. The van der Waals surface area contributed by atoms with Gasteiger partial charge >= 0.3 is 0 Å². The molecule has 3 N–H and O–H groups in total. The molecule has 4 heteroatoms. The first-order chi connectivity index (χ1) is 9.10. The van der Waals surface area contributed by atoms with E-state index < -0.39 is 0 Å². The Morgan fingerprint density at radius 3 is 2.74 bits per heavy atom. The maximum atomic E-state index is 13.3. The SMILES string of the molecule is Cc1cccc(CC(NN)c2cc(F)ccc2Cl)c1. The summed E-state index contributed by atoms with van der Waals surface area (Å²) < 4.78 is 13.3. The van der Waals surface area contributed by atoms with E-state index in [1.54, 1.807) is 6.07 Å². The molecule has 0 radical (unpaired) electrons. The number of benzene rings is 2. The molecule has 0 saturated carbocycles. The molecule has 1 atom stereocenters. The molecule has 100 valence electrons. The molecule has 0 fully saturated rings. The second kappa shape index (κ2) is 6.15. The summed E-state index contributed by atoms with van der Waals surface area (Å²) in [5, 5.41) is 0.511. The Morgan fingerprint density at radius 1 is 1.26 bits per heavy atom. The first-order valence-corrected chi connectivity index (χ1v) is 6.44. The molecule has 0 spiro atoms. The third kappa shape index (κ3) is 3.53. The van der Waals surface area contributed by atoms with Gasteiger partial charge in [0, 0.05) is 5.02 Å². The van der Waals surface area contributed by atoms with Gasteiger partial charge in [-0.1, -0.05) is 41.4 Å². The minimum atomic E-state index is -0.316. The summed E-state index contributed by atoms with van der Waals surface area (Å²) in [7, 11) is 0. The Kier molecular flexibility index (Phi) is 4.53. The van der Waals surface area contributed by atoms with Crippen LogP contribution in [0.1, 0.15) is 22.7 Å². The summed E-state index contributed by atoms with van der Waals surface area (Å²) in [6, 6.07) is 12.2. The average molecular weight is 279 g/mol. The van der Waals surface area contributed by atoms with Crippen LogP contribution in [0.25, 0.3) is 0 Å². The largest absolute Gasteiger partial charge is 0.271 e. The van der Waals surface area contributed by atoms with Crippen LogP contribution in [-0.2, 0) is 6.42 Å². The molecule has 0 aliphatic carbocycles. The van der Waals surface area contributed by atoms with Crippen molar-refractivity contribution in [3.63, 3.8) is 0 Å². The Labute approximate surface area is 117 Å². The highest BCUT2D eigenvalue weighted by Crippen LogP contribution is 2.26. The van der Waals surface area contributed by atoms with Crippen LogP contribution in [0, 0.1) is 12.7 Å². The van der Waals surface area contributed by atoms with Crippen molar-refractivity contribution in [2.45, 2.75) is 19.4 Å². The number of hydrogen-bond donors (Lipinski definition) is 2. The fraction of sp³-hybridized carbons (Fsp3) is 0.200. The summed E-state index contributed by atoms with van der Waals surface area (Å²) in [5.74, 6) is 5.26. The maximum absolute atomic E-state index is 13.3. The van der Waals surface area contributed by atoms with Crippen LogP contribution in [0.5, 0.6) is 0 Å². The van der Waals surface area contributed by atoms with Crippen LogP contribution in [0.2, 0.25) is 5.02 Å². The Balaban J connectivity index is 2.27. The lowest BCUT2D eigenvalue weighted by atomic mass is 9.98. The molecule has 2 nitrogen and oxygen atoms in total. The molecule has 1 unspecified atom stereocenters. The second-order valence-corrected chi connectivity index (χ2v) is 4.99. The van der Waals surface area contributed by atoms with E-state index >= 15 is 0 Å². The van der Waals surface area contributed by atoms with Crippen LogP contribution in [0.3, 0.4) is 0 Å². The maximum Gasteiger partial charge on any atom is 0.123 e. The third-order valence-electron chi connectivity index (χ3n) is 3.06. The van der Waals surface area contributed by atoms with Gasteiger partial charge in [-0.3, -0.25) is 11.3 Å². The van der Waals surface area contributed by atoms with Crippen molar-refractivity contribution in [1.82, 2.24) is 5.43 Å². The molecule has 0 aromatic heterocycles. The number of nitrogens with one attached hydrogen (secondary N) is 1.